The summed E-state index contributed by atoms with van der Waals surface area (Å²) < 4.78 is 4.68. The summed E-state index contributed by atoms with van der Waals surface area (Å²) in [5, 5.41) is 3.65. The number of nitrogens with zero attached hydrogens (tertiary/aromatic N) is 1. The number of hydrogen-bond donors (Lipinski definition) is 1. The third-order valence-electron chi connectivity index (χ3n) is 3.17. The molecule has 1 atom stereocenters. The summed E-state index contributed by atoms with van der Waals surface area (Å²) in [4.78, 5) is 27.8. The highest BCUT2D eigenvalue weighted by atomic mass is 35.5. The van der Waals surface area contributed by atoms with Gasteiger partial charge in [0.25, 0.3) is 5.91 Å². The minimum absolute atomic E-state index is 0.00485. The van der Waals surface area contributed by atoms with Gasteiger partial charge in [-0.15, -0.1) is 0 Å². The Morgan fingerprint density at radius 2 is 1.87 bits per heavy atom. The van der Waals surface area contributed by atoms with E-state index in [-0.39, 0.29) is 12.3 Å². The summed E-state index contributed by atoms with van der Waals surface area (Å²) in [7, 11) is 1.30. The quantitative estimate of drug-likeness (QED) is 0.661. The first-order valence-corrected chi connectivity index (χ1v) is 7.50. The zero-order valence-electron chi connectivity index (χ0n) is 12.3. The Morgan fingerprint density at radius 1 is 1.17 bits per heavy atom. The van der Waals surface area contributed by atoms with E-state index in [2.05, 4.69) is 15.0 Å². The third kappa shape index (κ3) is 4.94. The van der Waals surface area contributed by atoms with Crippen molar-refractivity contribution < 1.29 is 14.3 Å². The molecule has 0 bridgehead atoms. The fraction of sp³-hybridized carbons (Fsp3) is 0.188. The maximum atomic E-state index is 12.3. The van der Waals surface area contributed by atoms with Crippen molar-refractivity contribution in [2.24, 2.45) is 0 Å². The maximum Gasteiger partial charge on any atom is 0.307 e. The second-order valence-electron chi connectivity index (χ2n) is 4.73. The van der Waals surface area contributed by atoms with Crippen molar-refractivity contribution >= 4 is 35.1 Å². The number of benzene rings is 1. The van der Waals surface area contributed by atoms with Gasteiger partial charge in [-0.05, 0) is 29.8 Å². The molecule has 1 heterocycles. The molecule has 23 heavy (non-hydrogen) atoms. The highest BCUT2D eigenvalue weighted by molar-refractivity contribution is 6.30. The average molecular weight is 353 g/mol. The fourth-order valence-corrected chi connectivity index (χ4v) is 2.19. The number of ether oxygens (including phenoxy) is 1. The second-order valence-corrected chi connectivity index (χ2v) is 5.55. The van der Waals surface area contributed by atoms with Crippen LogP contribution in [0.5, 0.6) is 0 Å². The zero-order chi connectivity index (χ0) is 16.8. The van der Waals surface area contributed by atoms with Gasteiger partial charge in [0.05, 0.1) is 25.1 Å². The number of methoxy groups -OCH3 is 1. The Morgan fingerprint density at radius 3 is 2.43 bits per heavy atom. The van der Waals surface area contributed by atoms with Gasteiger partial charge in [0.15, 0.2) is 0 Å². The molecular formula is C16H14Cl2N2O3. The van der Waals surface area contributed by atoms with Crippen LogP contribution in [0.15, 0.2) is 42.6 Å². The number of amides is 1. The monoisotopic (exact) mass is 352 g/mol. The summed E-state index contributed by atoms with van der Waals surface area (Å²) in [5.74, 6) is -0.794. The first kappa shape index (κ1) is 17.2. The number of esters is 1. The highest BCUT2D eigenvalue weighted by Gasteiger charge is 2.20. The van der Waals surface area contributed by atoms with Crippen LogP contribution in [0.3, 0.4) is 0 Å². The van der Waals surface area contributed by atoms with Crippen molar-refractivity contribution in [2.75, 3.05) is 7.11 Å². The van der Waals surface area contributed by atoms with Crippen molar-refractivity contribution in [3.05, 3.63) is 63.9 Å². The van der Waals surface area contributed by atoms with Gasteiger partial charge < -0.3 is 10.1 Å². The first-order valence-electron chi connectivity index (χ1n) is 6.74. The Balaban J connectivity index is 2.19. The smallest absolute Gasteiger partial charge is 0.307 e. The van der Waals surface area contributed by atoms with Gasteiger partial charge in [0.2, 0.25) is 0 Å². The normalized spacial score (nSPS) is 11.6. The van der Waals surface area contributed by atoms with E-state index in [9.17, 15) is 9.59 Å². The molecule has 1 amide bonds. The summed E-state index contributed by atoms with van der Waals surface area (Å²) in [6.07, 6.45) is 1.37. The van der Waals surface area contributed by atoms with Gasteiger partial charge in [-0.1, -0.05) is 35.3 Å². The molecule has 0 aliphatic rings. The lowest BCUT2D eigenvalue weighted by molar-refractivity contribution is -0.141. The van der Waals surface area contributed by atoms with E-state index in [4.69, 9.17) is 23.2 Å². The van der Waals surface area contributed by atoms with Crippen LogP contribution < -0.4 is 5.32 Å². The summed E-state index contributed by atoms with van der Waals surface area (Å²) >= 11 is 11.6. The maximum absolute atomic E-state index is 12.3. The largest absolute Gasteiger partial charge is 0.469 e. The van der Waals surface area contributed by atoms with E-state index < -0.39 is 12.0 Å². The van der Waals surface area contributed by atoms with Gasteiger partial charge in [-0.3, -0.25) is 9.59 Å². The molecular weight excluding hydrogens is 339 g/mol. The van der Waals surface area contributed by atoms with Crippen LogP contribution in [-0.4, -0.2) is 24.0 Å². The van der Waals surface area contributed by atoms with Crippen molar-refractivity contribution in [1.29, 1.82) is 0 Å². The van der Waals surface area contributed by atoms with Crippen LogP contribution >= 0.6 is 23.2 Å². The van der Waals surface area contributed by atoms with Crippen LogP contribution in [0.25, 0.3) is 0 Å². The number of aromatic nitrogens is 1. The predicted molar refractivity (Wildman–Crippen MR) is 87.5 cm³/mol. The van der Waals surface area contributed by atoms with Crippen molar-refractivity contribution in [3.63, 3.8) is 0 Å². The van der Waals surface area contributed by atoms with E-state index >= 15 is 0 Å². The highest BCUT2D eigenvalue weighted by Crippen LogP contribution is 2.20. The number of nitrogens with one attached hydrogen (secondary N) is 1. The van der Waals surface area contributed by atoms with Crippen LogP contribution in [-0.2, 0) is 9.53 Å². The number of carbonyl (C=O) groups is 2. The molecule has 7 heteroatoms. The molecule has 1 N–H and O–H groups in total. The van der Waals surface area contributed by atoms with Crippen molar-refractivity contribution in [2.45, 2.75) is 12.5 Å². The zero-order valence-corrected chi connectivity index (χ0v) is 13.8. The lowest BCUT2D eigenvalue weighted by Gasteiger charge is -2.18. The van der Waals surface area contributed by atoms with Crippen LogP contribution in [0.2, 0.25) is 10.2 Å². The Kier molecular flexibility index (Phi) is 5.96. The molecule has 0 saturated heterocycles. The van der Waals surface area contributed by atoms with Crippen molar-refractivity contribution in [1.82, 2.24) is 10.3 Å². The molecule has 2 aromatic rings. The Labute approximate surface area is 143 Å². The van der Waals surface area contributed by atoms with Gasteiger partial charge in [-0.25, -0.2) is 4.98 Å². The van der Waals surface area contributed by atoms with Gasteiger partial charge in [-0.2, -0.15) is 0 Å². The summed E-state index contributed by atoms with van der Waals surface area (Å²) in [6.45, 7) is 0. The van der Waals surface area contributed by atoms with E-state index in [0.717, 1.165) is 5.56 Å². The van der Waals surface area contributed by atoms with Crippen LogP contribution in [0.1, 0.15) is 28.4 Å². The molecule has 1 aromatic heterocycles. The molecule has 0 fully saturated rings. The Bertz CT molecular complexity index is 687. The minimum Gasteiger partial charge on any atom is -0.469 e. The number of halogens is 2. The van der Waals surface area contributed by atoms with Gasteiger partial charge in [0, 0.05) is 11.2 Å². The molecule has 1 unspecified atom stereocenters. The van der Waals surface area contributed by atoms with Gasteiger partial charge in [0.1, 0.15) is 5.15 Å². The number of rotatable bonds is 5. The van der Waals surface area contributed by atoms with E-state index in [1.807, 2.05) is 0 Å². The SMILES string of the molecule is COC(=O)CC(NC(=O)c1ccc(Cl)nc1)c1ccc(Cl)cc1. The van der Waals surface area contributed by atoms with E-state index in [1.165, 1.54) is 19.4 Å². The molecule has 5 nitrogen and oxygen atoms in total. The summed E-state index contributed by atoms with van der Waals surface area (Å²) in [6, 6.07) is 9.42. The molecule has 0 radical (unpaired) electrons. The molecule has 0 saturated carbocycles. The minimum atomic E-state index is -0.539. The molecule has 2 rings (SSSR count). The number of carbonyl (C=O) groups excluding carboxylic acids is 2. The summed E-state index contributed by atoms with van der Waals surface area (Å²) in [5.41, 5.74) is 1.09. The molecule has 0 spiro atoms. The topological polar surface area (TPSA) is 68.3 Å². The van der Waals surface area contributed by atoms with Crippen LogP contribution in [0.4, 0.5) is 0 Å². The fourth-order valence-electron chi connectivity index (χ4n) is 1.95. The molecule has 120 valence electrons. The molecule has 0 aliphatic heterocycles. The molecule has 1 aromatic carbocycles. The third-order valence-corrected chi connectivity index (χ3v) is 3.64. The second kappa shape index (κ2) is 7.94. The van der Waals surface area contributed by atoms with Crippen molar-refractivity contribution in [3.8, 4) is 0 Å². The Hall–Kier alpha value is -2.11. The number of hydrogen-bond acceptors (Lipinski definition) is 4. The van der Waals surface area contributed by atoms with Gasteiger partial charge >= 0.3 is 5.97 Å². The molecule has 0 aliphatic carbocycles. The standard InChI is InChI=1S/C16H14Cl2N2O3/c1-23-15(21)8-13(10-2-5-12(17)6-3-10)20-16(22)11-4-7-14(18)19-9-11/h2-7,9,13H,8H2,1H3,(H,20,22). The van der Waals surface area contributed by atoms with E-state index in [1.54, 1.807) is 30.3 Å². The predicted octanol–water partition coefficient (Wildman–Crippen LogP) is 3.42. The first-order chi connectivity index (χ1) is 11.0. The lowest BCUT2D eigenvalue weighted by atomic mass is 10.0. The lowest BCUT2D eigenvalue weighted by Crippen LogP contribution is -2.30. The van der Waals surface area contributed by atoms with Crippen LogP contribution in [0, 0.1) is 0 Å². The number of pyridine rings is 1. The van der Waals surface area contributed by atoms with E-state index in [0.29, 0.717) is 15.7 Å². The average Bonchev–Trinajstić information content (AvgIpc) is 2.55.